The van der Waals surface area contributed by atoms with E-state index in [2.05, 4.69) is 0 Å². The topological polar surface area (TPSA) is 77.8 Å². The van der Waals surface area contributed by atoms with Gasteiger partial charge in [0.2, 0.25) is 0 Å². The van der Waals surface area contributed by atoms with Crippen LogP contribution in [0.2, 0.25) is 5.02 Å². The molecule has 1 heterocycles. The van der Waals surface area contributed by atoms with E-state index in [-0.39, 0.29) is 24.8 Å². The molecule has 0 aliphatic carbocycles. The molecule has 0 aliphatic rings. The van der Waals surface area contributed by atoms with Crippen molar-refractivity contribution in [3.8, 4) is 0 Å². The number of Topliss-reactive ketones (excluding diaryl/α,β-unsaturated/α-hetero) is 1. The maximum absolute atomic E-state index is 13.3. The van der Waals surface area contributed by atoms with Crippen LogP contribution >= 0.6 is 11.6 Å². The fourth-order valence-electron chi connectivity index (χ4n) is 3.56. The number of esters is 1. The molecule has 8 heteroatoms. The third-order valence-electron chi connectivity index (χ3n) is 5.17. The van der Waals surface area contributed by atoms with E-state index in [0.29, 0.717) is 52.7 Å². The molecular weight excluding hydrogens is 420 g/mol. The highest BCUT2D eigenvalue weighted by Gasteiger charge is 2.28. The van der Waals surface area contributed by atoms with Gasteiger partial charge < -0.3 is 18.9 Å². The predicted molar refractivity (Wildman–Crippen MR) is 119 cm³/mol. The van der Waals surface area contributed by atoms with Crippen LogP contribution in [0.15, 0.2) is 24.3 Å². The zero-order valence-corrected chi connectivity index (χ0v) is 19.4. The average molecular weight is 449 g/mol. The van der Waals surface area contributed by atoms with Crippen LogP contribution in [0, 0.1) is 13.8 Å². The second-order valence-corrected chi connectivity index (χ2v) is 7.65. The van der Waals surface area contributed by atoms with Gasteiger partial charge in [0.25, 0.3) is 5.91 Å². The number of hydrogen-bond acceptors (Lipinski definition) is 5. The molecule has 0 unspecified atom stereocenters. The number of halogens is 1. The number of rotatable bonds is 10. The summed E-state index contributed by atoms with van der Waals surface area (Å²) in [5.41, 5.74) is 2.44. The van der Waals surface area contributed by atoms with Gasteiger partial charge in [-0.1, -0.05) is 11.6 Å². The number of aromatic nitrogens is 1. The van der Waals surface area contributed by atoms with Crippen molar-refractivity contribution < 1.29 is 23.9 Å². The summed E-state index contributed by atoms with van der Waals surface area (Å²) in [5, 5.41) is 0.528. The summed E-state index contributed by atoms with van der Waals surface area (Å²) in [6, 6.07) is 6.55. The Labute approximate surface area is 187 Å². The van der Waals surface area contributed by atoms with Gasteiger partial charge in [0.1, 0.15) is 5.69 Å². The van der Waals surface area contributed by atoms with E-state index in [1.165, 1.54) is 4.90 Å². The molecule has 168 valence electrons. The van der Waals surface area contributed by atoms with E-state index in [0.717, 1.165) is 0 Å². The molecule has 0 fully saturated rings. The van der Waals surface area contributed by atoms with Gasteiger partial charge in [-0.3, -0.25) is 9.59 Å². The molecular formula is C23H29ClN2O5. The first-order valence-electron chi connectivity index (χ1n) is 10.1. The van der Waals surface area contributed by atoms with Gasteiger partial charge in [0.15, 0.2) is 5.78 Å². The minimum atomic E-state index is -0.473. The van der Waals surface area contributed by atoms with Crippen LogP contribution in [-0.2, 0) is 16.5 Å². The number of nitrogens with zero attached hydrogens (tertiary/aromatic N) is 2. The summed E-state index contributed by atoms with van der Waals surface area (Å²) in [7, 11) is 3.31. The van der Waals surface area contributed by atoms with Gasteiger partial charge in [-0.2, -0.15) is 0 Å². The number of ether oxygens (including phenoxy) is 2. The Balaban J connectivity index is 2.33. The van der Waals surface area contributed by atoms with Crippen LogP contribution in [-0.4, -0.2) is 60.5 Å². The molecule has 2 rings (SSSR count). The highest BCUT2D eigenvalue weighted by Crippen LogP contribution is 2.23. The summed E-state index contributed by atoms with van der Waals surface area (Å²) < 4.78 is 11.9. The highest BCUT2D eigenvalue weighted by molar-refractivity contribution is 6.30. The third-order valence-corrected chi connectivity index (χ3v) is 5.42. The fourth-order valence-corrected chi connectivity index (χ4v) is 3.68. The van der Waals surface area contributed by atoms with Crippen molar-refractivity contribution in [1.82, 2.24) is 9.47 Å². The number of carbonyl (C=O) groups excluding carboxylic acids is 3. The standard InChI is InChI=1S/C23H29ClN2O5/c1-6-31-23(29)21-15(2)20(16(3)25(21)4)19(27)14-26(12-7-13-30-5)22(28)17-8-10-18(24)11-9-17/h8-11H,6-7,12-14H2,1-5H3. The molecule has 0 aliphatic heterocycles. The van der Waals surface area contributed by atoms with Gasteiger partial charge in [0, 0.05) is 49.2 Å². The molecule has 0 bridgehead atoms. The van der Waals surface area contributed by atoms with Gasteiger partial charge in [-0.15, -0.1) is 0 Å². The smallest absolute Gasteiger partial charge is 0.355 e. The van der Waals surface area contributed by atoms with Crippen molar-refractivity contribution in [2.24, 2.45) is 7.05 Å². The lowest BCUT2D eigenvalue weighted by atomic mass is 10.0. The molecule has 0 saturated heterocycles. The summed E-state index contributed by atoms with van der Waals surface area (Å²) in [4.78, 5) is 40.2. The lowest BCUT2D eigenvalue weighted by Crippen LogP contribution is -2.37. The maximum atomic E-state index is 13.3. The van der Waals surface area contributed by atoms with Gasteiger partial charge in [-0.05, 0) is 57.0 Å². The molecule has 0 spiro atoms. The van der Waals surface area contributed by atoms with Crippen molar-refractivity contribution in [2.45, 2.75) is 27.2 Å². The molecule has 31 heavy (non-hydrogen) atoms. The normalized spacial score (nSPS) is 10.8. The van der Waals surface area contributed by atoms with E-state index in [9.17, 15) is 14.4 Å². The van der Waals surface area contributed by atoms with Crippen molar-refractivity contribution >= 4 is 29.3 Å². The molecule has 0 N–H and O–H groups in total. The zero-order chi connectivity index (χ0) is 23.1. The van der Waals surface area contributed by atoms with Crippen LogP contribution in [0.1, 0.15) is 55.8 Å². The zero-order valence-electron chi connectivity index (χ0n) is 18.7. The van der Waals surface area contributed by atoms with Crippen LogP contribution in [0.3, 0.4) is 0 Å². The minimum Gasteiger partial charge on any atom is -0.461 e. The number of amides is 1. The SMILES string of the molecule is CCOC(=O)c1c(C)c(C(=O)CN(CCCOC)C(=O)c2ccc(Cl)cc2)c(C)n1C. The van der Waals surface area contributed by atoms with Crippen molar-refractivity contribution in [1.29, 1.82) is 0 Å². The maximum Gasteiger partial charge on any atom is 0.355 e. The Morgan fingerprint density at radius 3 is 2.35 bits per heavy atom. The Morgan fingerprint density at radius 1 is 1.13 bits per heavy atom. The number of benzene rings is 1. The molecule has 1 amide bonds. The van der Waals surface area contributed by atoms with Gasteiger partial charge in [-0.25, -0.2) is 4.79 Å². The second-order valence-electron chi connectivity index (χ2n) is 7.22. The van der Waals surface area contributed by atoms with Crippen LogP contribution in [0.25, 0.3) is 0 Å². The molecule has 1 aromatic carbocycles. The van der Waals surface area contributed by atoms with E-state index in [1.807, 2.05) is 0 Å². The largest absolute Gasteiger partial charge is 0.461 e. The summed E-state index contributed by atoms with van der Waals surface area (Å²) in [6.07, 6.45) is 0.587. The number of carbonyl (C=O) groups is 3. The molecule has 0 saturated carbocycles. The Kier molecular flexibility index (Phi) is 8.83. The van der Waals surface area contributed by atoms with Crippen LogP contribution < -0.4 is 0 Å². The Bertz CT molecular complexity index is 950. The second kappa shape index (κ2) is 11.1. The molecule has 0 radical (unpaired) electrons. The van der Waals surface area contributed by atoms with Crippen molar-refractivity contribution in [2.75, 3.05) is 33.4 Å². The fraction of sp³-hybridized carbons (Fsp3) is 0.435. The quantitative estimate of drug-likeness (QED) is 0.313. The molecule has 7 nitrogen and oxygen atoms in total. The van der Waals surface area contributed by atoms with Gasteiger partial charge in [0.05, 0.1) is 13.2 Å². The highest BCUT2D eigenvalue weighted by atomic mass is 35.5. The molecule has 0 atom stereocenters. The summed E-state index contributed by atoms with van der Waals surface area (Å²) in [5.74, 6) is -0.974. The molecule has 2 aromatic rings. The minimum absolute atomic E-state index is 0.112. The lowest BCUT2D eigenvalue weighted by Gasteiger charge is -2.22. The summed E-state index contributed by atoms with van der Waals surface area (Å²) >= 11 is 5.93. The van der Waals surface area contributed by atoms with E-state index in [4.69, 9.17) is 21.1 Å². The number of methoxy groups -OCH3 is 1. The van der Waals surface area contributed by atoms with Crippen LogP contribution in [0.5, 0.6) is 0 Å². The average Bonchev–Trinajstić information content (AvgIpc) is 2.96. The van der Waals surface area contributed by atoms with E-state index < -0.39 is 5.97 Å². The predicted octanol–water partition coefficient (Wildman–Crippen LogP) is 3.83. The van der Waals surface area contributed by atoms with Gasteiger partial charge >= 0.3 is 5.97 Å². The lowest BCUT2D eigenvalue weighted by molar-refractivity contribution is 0.0514. The Hall–Kier alpha value is -2.64. The van der Waals surface area contributed by atoms with E-state index >= 15 is 0 Å². The number of ketones is 1. The number of hydrogen-bond donors (Lipinski definition) is 0. The molecule has 1 aromatic heterocycles. The summed E-state index contributed by atoms with van der Waals surface area (Å²) in [6.45, 7) is 6.19. The van der Waals surface area contributed by atoms with Crippen molar-refractivity contribution in [3.05, 3.63) is 57.4 Å². The first kappa shape index (κ1) is 24.6. The van der Waals surface area contributed by atoms with Crippen LogP contribution in [0.4, 0.5) is 0 Å². The monoisotopic (exact) mass is 448 g/mol. The van der Waals surface area contributed by atoms with Crippen molar-refractivity contribution in [3.63, 3.8) is 0 Å². The third kappa shape index (κ3) is 5.74. The Morgan fingerprint density at radius 2 is 1.77 bits per heavy atom. The first-order valence-corrected chi connectivity index (χ1v) is 10.5. The first-order chi connectivity index (χ1) is 14.7. The van der Waals surface area contributed by atoms with E-state index in [1.54, 1.807) is 63.8 Å².